The number of aromatic amines is 1. The lowest BCUT2D eigenvalue weighted by molar-refractivity contribution is -0.120. The van der Waals surface area contributed by atoms with E-state index in [0.717, 1.165) is 23.3 Å². The smallest absolute Gasteiger partial charge is 0.232 e. The van der Waals surface area contributed by atoms with Gasteiger partial charge in [0.05, 0.1) is 16.3 Å². The predicted octanol–water partition coefficient (Wildman–Crippen LogP) is 2.28. The van der Waals surface area contributed by atoms with Gasteiger partial charge in [-0.3, -0.25) is 4.79 Å². The fourth-order valence-corrected chi connectivity index (χ4v) is 2.20. The van der Waals surface area contributed by atoms with Crippen molar-refractivity contribution in [2.75, 3.05) is 12.8 Å². The molecule has 1 aromatic carbocycles. The zero-order valence-electron chi connectivity index (χ0n) is 11.5. The average molecular weight is 277 g/mol. The molecule has 0 aliphatic heterocycles. The van der Waals surface area contributed by atoms with Gasteiger partial charge >= 0.3 is 0 Å². The van der Waals surface area contributed by atoms with Gasteiger partial charge in [-0.15, -0.1) is 0 Å². The van der Waals surface area contributed by atoms with Crippen molar-refractivity contribution < 1.29 is 4.79 Å². The van der Waals surface area contributed by atoms with E-state index in [-0.39, 0.29) is 11.2 Å². The Morgan fingerprint density at radius 1 is 1.53 bits per heavy atom. The number of hydrogen-bond donors (Lipinski definition) is 2. The minimum absolute atomic E-state index is 0.00193. The third-order valence-corrected chi connectivity index (χ3v) is 4.07. The summed E-state index contributed by atoms with van der Waals surface area (Å²) in [6.07, 6.45) is 2.66. The lowest BCUT2D eigenvalue weighted by Crippen LogP contribution is -2.32. The number of hydrogen-bond acceptors (Lipinski definition) is 3. The van der Waals surface area contributed by atoms with Crippen LogP contribution in [0.15, 0.2) is 18.2 Å². The summed E-state index contributed by atoms with van der Waals surface area (Å²) in [4.78, 5) is 19.5. The van der Waals surface area contributed by atoms with Crippen LogP contribution in [0.4, 0.5) is 0 Å². The van der Waals surface area contributed by atoms with Gasteiger partial charge in [0.2, 0.25) is 5.91 Å². The minimum Gasteiger partial charge on any atom is -0.355 e. The molecule has 19 heavy (non-hydrogen) atoms. The number of benzene rings is 1. The zero-order valence-corrected chi connectivity index (χ0v) is 12.3. The van der Waals surface area contributed by atoms with E-state index in [0.29, 0.717) is 6.54 Å². The van der Waals surface area contributed by atoms with E-state index < -0.39 is 0 Å². The van der Waals surface area contributed by atoms with E-state index in [1.807, 2.05) is 25.3 Å². The highest BCUT2D eigenvalue weighted by Crippen LogP contribution is 2.15. The lowest BCUT2D eigenvalue weighted by atomic mass is 10.2. The number of fused-ring (bicyclic) bond motifs is 1. The molecule has 0 aliphatic carbocycles. The van der Waals surface area contributed by atoms with Gasteiger partial charge in [0.1, 0.15) is 5.82 Å². The number of amides is 1. The van der Waals surface area contributed by atoms with E-state index in [9.17, 15) is 4.79 Å². The molecule has 0 saturated heterocycles. The number of para-hydroxylation sites is 1. The van der Waals surface area contributed by atoms with Crippen LogP contribution in [0.1, 0.15) is 18.3 Å². The molecule has 1 atom stereocenters. The Balaban J connectivity index is 1.95. The number of H-pyrrole nitrogens is 1. The number of carbonyl (C=O) groups excluding carboxylic acids is 1. The highest BCUT2D eigenvalue weighted by atomic mass is 32.2. The van der Waals surface area contributed by atoms with Crippen LogP contribution in [-0.2, 0) is 11.2 Å². The molecule has 4 nitrogen and oxygen atoms in total. The molecule has 1 amide bonds. The van der Waals surface area contributed by atoms with Crippen LogP contribution in [0.25, 0.3) is 11.0 Å². The van der Waals surface area contributed by atoms with Gasteiger partial charge in [0.15, 0.2) is 0 Å². The molecule has 1 unspecified atom stereocenters. The molecule has 2 rings (SSSR count). The van der Waals surface area contributed by atoms with Crippen LogP contribution < -0.4 is 5.32 Å². The maximum atomic E-state index is 11.6. The highest BCUT2D eigenvalue weighted by Gasteiger charge is 2.10. The van der Waals surface area contributed by atoms with Gasteiger partial charge in [-0.1, -0.05) is 12.1 Å². The van der Waals surface area contributed by atoms with E-state index in [4.69, 9.17) is 0 Å². The maximum Gasteiger partial charge on any atom is 0.232 e. The molecular formula is C14H19N3OS. The van der Waals surface area contributed by atoms with Crippen LogP contribution in [-0.4, -0.2) is 33.9 Å². The summed E-state index contributed by atoms with van der Waals surface area (Å²) < 4.78 is 0. The Morgan fingerprint density at radius 2 is 2.32 bits per heavy atom. The Kier molecular flexibility index (Phi) is 4.47. The molecular weight excluding hydrogens is 258 g/mol. The Bertz CT molecular complexity index is 579. The van der Waals surface area contributed by atoms with Gasteiger partial charge in [-0.25, -0.2) is 4.98 Å². The second-order valence-corrected chi connectivity index (χ2v) is 5.75. The van der Waals surface area contributed by atoms with Crippen molar-refractivity contribution in [1.29, 1.82) is 0 Å². The van der Waals surface area contributed by atoms with Crippen LogP contribution in [0.5, 0.6) is 0 Å². The van der Waals surface area contributed by atoms with Gasteiger partial charge < -0.3 is 10.3 Å². The second-order valence-electron chi connectivity index (χ2n) is 4.57. The summed E-state index contributed by atoms with van der Waals surface area (Å²) in [5, 5.41) is 2.92. The molecule has 0 saturated carbocycles. The van der Waals surface area contributed by atoms with Crippen LogP contribution in [0, 0.1) is 6.92 Å². The summed E-state index contributed by atoms with van der Waals surface area (Å²) in [7, 11) is 0. The molecule has 1 heterocycles. The first-order valence-electron chi connectivity index (χ1n) is 6.36. The van der Waals surface area contributed by atoms with Gasteiger partial charge in [-0.05, 0) is 31.7 Å². The minimum atomic E-state index is -0.00193. The van der Waals surface area contributed by atoms with Gasteiger partial charge in [-0.2, -0.15) is 11.8 Å². The Labute approximate surface area is 117 Å². The molecule has 5 heteroatoms. The molecule has 0 fully saturated rings. The first kappa shape index (κ1) is 13.9. The quantitative estimate of drug-likeness (QED) is 0.881. The molecule has 0 bridgehead atoms. The Hall–Kier alpha value is -1.49. The van der Waals surface area contributed by atoms with E-state index in [1.165, 1.54) is 5.56 Å². The largest absolute Gasteiger partial charge is 0.355 e. The van der Waals surface area contributed by atoms with Crippen molar-refractivity contribution in [1.82, 2.24) is 15.3 Å². The SMILES string of the molecule is CSC(C)C(=O)NCCc1nc2c(C)cccc2[nH]1. The summed E-state index contributed by atoms with van der Waals surface area (Å²) in [6, 6.07) is 6.09. The molecule has 0 radical (unpaired) electrons. The van der Waals surface area contributed by atoms with Crippen molar-refractivity contribution in [3.63, 3.8) is 0 Å². The van der Waals surface area contributed by atoms with Crippen molar-refractivity contribution >= 4 is 28.7 Å². The summed E-state index contributed by atoms with van der Waals surface area (Å²) >= 11 is 1.55. The Morgan fingerprint density at radius 3 is 3.00 bits per heavy atom. The normalized spacial score (nSPS) is 12.6. The predicted molar refractivity (Wildman–Crippen MR) is 80.5 cm³/mol. The number of aromatic nitrogens is 2. The zero-order chi connectivity index (χ0) is 13.8. The van der Waals surface area contributed by atoms with Gasteiger partial charge in [0.25, 0.3) is 0 Å². The van der Waals surface area contributed by atoms with Gasteiger partial charge in [0, 0.05) is 13.0 Å². The molecule has 1 aromatic heterocycles. The molecule has 102 valence electrons. The number of thioether (sulfide) groups is 1. The monoisotopic (exact) mass is 277 g/mol. The fourth-order valence-electron chi connectivity index (χ4n) is 1.90. The van der Waals surface area contributed by atoms with E-state index in [1.54, 1.807) is 11.8 Å². The third kappa shape index (κ3) is 3.29. The summed E-state index contributed by atoms with van der Waals surface area (Å²) in [6.45, 7) is 4.57. The topological polar surface area (TPSA) is 57.8 Å². The van der Waals surface area contributed by atoms with Crippen molar-refractivity contribution in [2.24, 2.45) is 0 Å². The average Bonchev–Trinajstić information content (AvgIpc) is 2.82. The number of imidazole rings is 1. The van der Waals surface area contributed by atoms with Crippen LogP contribution in [0.2, 0.25) is 0 Å². The number of nitrogens with zero attached hydrogens (tertiary/aromatic N) is 1. The number of carbonyl (C=O) groups is 1. The van der Waals surface area contributed by atoms with Crippen LogP contribution in [0.3, 0.4) is 0 Å². The van der Waals surface area contributed by atoms with Crippen molar-refractivity contribution in [3.05, 3.63) is 29.6 Å². The molecule has 0 aliphatic rings. The van der Waals surface area contributed by atoms with Crippen molar-refractivity contribution in [3.8, 4) is 0 Å². The second kappa shape index (κ2) is 6.10. The highest BCUT2D eigenvalue weighted by molar-refractivity contribution is 7.99. The number of rotatable bonds is 5. The summed E-state index contributed by atoms with van der Waals surface area (Å²) in [5.74, 6) is 1.00. The first-order chi connectivity index (χ1) is 9.11. The maximum absolute atomic E-state index is 11.6. The van der Waals surface area contributed by atoms with Crippen LogP contribution >= 0.6 is 11.8 Å². The van der Waals surface area contributed by atoms with E-state index >= 15 is 0 Å². The fraction of sp³-hybridized carbons (Fsp3) is 0.429. The van der Waals surface area contributed by atoms with Crippen molar-refractivity contribution in [2.45, 2.75) is 25.5 Å². The molecule has 0 spiro atoms. The lowest BCUT2D eigenvalue weighted by Gasteiger charge is -2.08. The van der Waals surface area contributed by atoms with E-state index in [2.05, 4.69) is 28.3 Å². The third-order valence-electron chi connectivity index (χ3n) is 3.15. The molecule has 2 N–H and O–H groups in total. The first-order valence-corrected chi connectivity index (χ1v) is 7.65. The number of nitrogens with one attached hydrogen (secondary N) is 2. The number of aryl methyl sites for hydroxylation is 1. The standard InChI is InChI=1S/C14H19N3OS/c1-9-5-4-6-11-13(9)17-12(16-11)7-8-15-14(18)10(2)19-3/h4-6,10H,7-8H2,1-3H3,(H,15,18)(H,16,17). The summed E-state index contributed by atoms with van der Waals surface area (Å²) in [5.41, 5.74) is 3.24. The molecule has 2 aromatic rings.